The van der Waals surface area contributed by atoms with Gasteiger partial charge in [0.25, 0.3) is 0 Å². The Labute approximate surface area is 117 Å². The molecule has 0 saturated carbocycles. The second kappa shape index (κ2) is 5.13. The zero-order valence-electron chi connectivity index (χ0n) is 12.0. The van der Waals surface area contributed by atoms with Gasteiger partial charge in [-0.05, 0) is 40.1 Å². The molecular formula is C14H19N3O3. The Morgan fingerprint density at radius 2 is 2.00 bits per heavy atom. The van der Waals surface area contributed by atoms with Crippen molar-refractivity contribution < 1.29 is 15.0 Å². The van der Waals surface area contributed by atoms with E-state index in [9.17, 15) is 15.0 Å². The third kappa shape index (κ3) is 2.34. The molecule has 2 unspecified atom stereocenters. The van der Waals surface area contributed by atoms with Crippen molar-refractivity contribution in [2.75, 3.05) is 14.1 Å². The maximum Gasteiger partial charge on any atom is 0.326 e. The minimum atomic E-state index is -0.912. The van der Waals surface area contributed by atoms with Gasteiger partial charge in [-0.25, -0.2) is 9.78 Å². The minimum Gasteiger partial charge on any atom is -0.508 e. The molecule has 0 aliphatic carbocycles. The average Bonchev–Trinajstić information content (AvgIpc) is 2.74. The van der Waals surface area contributed by atoms with E-state index in [1.807, 2.05) is 25.9 Å². The van der Waals surface area contributed by atoms with Gasteiger partial charge in [0.2, 0.25) is 0 Å². The van der Waals surface area contributed by atoms with Crippen molar-refractivity contribution in [3.8, 4) is 5.75 Å². The number of imidazole rings is 1. The molecular weight excluding hydrogens is 258 g/mol. The highest BCUT2D eigenvalue weighted by Crippen LogP contribution is 2.29. The number of aromatic nitrogens is 2. The van der Waals surface area contributed by atoms with Crippen molar-refractivity contribution in [3.05, 3.63) is 24.0 Å². The fourth-order valence-electron chi connectivity index (χ4n) is 2.15. The molecule has 0 saturated heterocycles. The van der Waals surface area contributed by atoms with Crippen LogP contribution in [-0.4, -0.2) is 44.7 Å². The van der Waals surface area contributed by atoms with E-state index in [1.165, 1.54) is 0 Å². The monoisotopic (exact) mass is 277 g/mol. The molecule has 0 fully saturated rings. The van der Waals surface area contributed by atoms with Crippen molar-refractivity contribution >= 4 is 17.0 Å². The van der Waals surface area contributed by atoms with Crippen LogP contribution in [0.25, 0.3) is 11.0 Å². The summed E-state index contributed by atoms with van der Waals surface area (Å²) in [4.78, 5) is 17.8. The summed E-state index contributed by atoms with van der Waals surface area (Å²) < 4.78 is 1.71. The largest absolute Gasteiger partial charge is 0.508 e. The lowest BCUT2D eigenvalue weighted by Gasteiger charge is -2.22. The zero-order valence-corrected chi connectivity index (χ0v) is 12.0. The summed E-state index contributed by atoms with van der Waals surface area (Å²) in [5.41, 5.74) is 1.31. The zero-order chi connectivity index (χ0) is 15.0. The number of fused-ring (bicyclic) bond motifs is 1. The number of carboxylic acids is 1. The van der Waals surface area contributed by atoms with Gasteiger partial charge in [0.05, 0.1) is 17.1 Å². The highest BCUT2D eigenvalue weighted by molar-refractivity contribution is 5.81. The van der Waals surface area contributed by atoms with Crippen molar-refractivity contribution in [2.24, 2.45) is 0 Å². The molecule has 2 atom stereocenters. The third-order valence-electron chi connectivity index (χ3n) is 3.59. The normalized spacial score (nSPS) is 14.7. The number of benzene rings is 1. The van der Waals surface area contributed by atoms with Gasteiger partial charge in [0.1, 0.15) is 17.6 Å². The molecule has 0 aliphatic heterocycles. The Bertz CT molecular complexity index is 648. The predicted molar refractivity (Wildman–Crippen MR) is 75.8 cm³/mol. The van der Waals surface area contributed by atoms with Crippen molar-refractivity contribution in [3.63, 3.8) is 0 Å². The van der Waals surface area contributed by atoms with E-state index in [0.717, 1.165) is 0 Å². The molecule has 0 aliphatic rings. The molecule has 6 nitrogen and oxygen atoms in total. The molecule has 0 radical (unpaired) electrons. The van der Waals surface area contributed by atoms with Crippen LogP contribution in [0.4, 0.5) is 0 Å². The smallest absolute Gasteiger partial charge is 0.326 e. The lowest BCUT2D eigenvalue weighted by Crippen LogP contribution is -2.24. The molecule has 6 heteroatoms. The number of carbonyl (C=O) groups is 1. The average molecular weight is 277 g/mol. The van der Waals surface area contributed by atoms with Gasteiger partial charge in [-0.2, -0.15) is 0 Å². The Morgan fingerprint density at radius 1 is 1.35 bits per heavy atom. The molecule has 20 heavy (non-hydrogen) atoms. The van der Waals surface area contributed by atoms with Crippen LogP contribution >= 0.6 is 0 Å². The Balaban J connectivity index is 2.71. The molecule has 0 amide bonds. The topological polar surface area (TPSA) is 78.6 Å². The fourth-order valence-corrected chi connectivity index (χ4v) is 2.15. The van der Waals surface area contributed by atoms with Crippen LogP contribution in [0.5, 0.6) is 5.75 Å². The number of hydrogen-bond donors (Lipinski definition) is 2. The highest BCUT2D eigenvalue weighted by Gasteiger charge is 2.24. The molecule has 1 aromatic carbocycles. The molecule has 1 aromatic heterocycles. The molecule has 1 heterocycles. The van der Waals surface area contributed by atoms with Crippen molar-refractivity contribution in [1.29, 1.82) is 0 Å². The van der Waals surface area contributed by atoms with E-state index in [2.05, 4.69) is 4.98 Å². The number of carboxylic acid groups (broad SMARTS) is 1. The van der Waals surface area contributed by atoms with E-state index in [1.54, 1.807) is 29.7 Å². The van der Waals surface area contributed by atoms with Gasteiger partial charge in [-0.1, -0.05) is 0 Å². The van der Waals surface area contributed by atoms with Gasteiger partial charge in [0, 0.05) is 6.07 Å². The van der Waals surface area contributed by atoms with Crippen LogP contribution < -0.4 is 0 Å². The molecule has 2 aromatic rings. The summed E-state index contributed by atoms with van der Waals surface area (Å²) >= 11 is 0. The fraction of sp³-hybridized carbons (Fsp3) is 0.429. The van der Waals surface area contributed by atoms with Gasteiger partial charge in [-0.15, -0.1) is 0 Å². The standard InChI is InChI=1S/C14H19N3O3/c1-8(16(3)4)13-15-11-7-10(18)5-6-12(11)17(13)9(2)14(19)20/h5-9,18H,1-4H3,(H,19,20). The van der Waals surface area contributed by atoms with Gasteiger partial charge in [0.15, 0.2) is 0 Å². The Morgan fingerprint density at radius 3 is 2.55 bits per heavy atom. The molecule has 2 rings (SSSR count). The lowest BCUT2D eigenvalue weighted by atomic mass is 10.2. The van der Waals surface area contributed by atoms with Gasteiger partial charge < -0.3 is 14.8 Å². The SMILES string of the molecule is CC(c1nc2cc(O)ccc2n1C(C)C(=O)O)N(C)C. The Hall–Kier alpha value is -2.08. The first kappa shape index (κ1) is 14.3. The summed E-state index contributed by atoms with van der Waals surface area (Å²) in [6.45, 7) is 3.59. The molecule has 0 spiro atoms. The number of rotatable bonds is 4. The summed E-state index contributed by atoms with van der Waals surface area (Å²) in [5.74, 6) is -0.121. The summed E-state index contributed by atoms with van der Waals surface area (Å²) in [5, 5.41) is 18.9. The first-order chi connectivity index (χ1) is 9.32. The Kier molecular flexibility index (Phi) is 3.67. The van der Waals surface area contributed by atoms with E-state index >= 15 is 0 Å². The maximum absolute atomic E-state index is 11.3. The summed E-state index contributed by atoms with van der Waals surface area (Å²) in [6.07, 6.45) is 0. The predicted octanol–water partition coefficient (Wildman–Crippen LogP) is 2.01. The van der Waals surface area contributed by atoms with Gasteiger partial charge in [-0.3, -0.25) is 4.90 Å². The lowest BCUT2D eigenvalue weighted by molar-refractivity contribution is -0.140. The van der Waals surface area contributed by atoms with Crippen LogP contribution in [0.3, 0.4) is 0 Å². The van der Waals surface area contributed by atoms with Crippen LogP contribution in [0.2, 0.25) is 0 Å². The molecule has 0 bridgehead atoms. The van der Waals surface area contributed by atoms with E-state index in [4.69, 9.17) is 0 Å². The van der Waals surface area contributed by atoms with Crippen LogP contribution in [-0.2, 0) is 4.79 Å². The van der Waals surface area contributed by atoms with Crippen molar-refractivity contribution in [2.45, 2.75) is 25.9 Å². The van der Waals surface area contributed by atoms with E-state index < -0.39 is 12.0 Å². The minimum absolute atomic E-state index is 0.0358. The summed E-state index contributed by atoms with van der Waals surface area (Å²) in [6, 6.07) is 4.03. The van der Waals surface area contributed by atoms with Crippen LogP contribution in [0.15, 0.2) is 18.2 Å². The maximum atomic E-state index is 11.3. The van der Waals surface area contributed by atoms with E-state index in [-0.39, 0.29) is 11.8 Å². The number of hydrogen-bond acceptors (Lipinski definition) is 4. The number of phenols is 1. The molecule has 2 N–H and O–H groups in total. The van der Waals surface area contributed by atoms with Crippen LogP contribution in [0.1, 0.15) is 31.8 Å². The highest BCUT2D eigenvalue weighted by atomic mass is 16.4. The molecule has 108 valence electrons. The van der Waals surface area contributed by atoms with E-state index in [0.29, 0.717) is 16.9 Å². The number of aromatic hydroxyl groups is 1. The second-order valence-corrected chi connectivity index (χ2v) is 5.17. The number of aliphatic carboxylic acids is 1. The first-order valence-electron chi connectivity index (χ1n) is 6.43. The number of nitrogens with zero attached hydrogens (tertiary/aromatic N) is 3. The third-order valence-corrected chi connectivity index (χ3v) is 3.59. The van der Waals surface area contributed by atoms with Gasteiger partial charge >= 0.3 is 5.97 Å². The van der Waals surface area contributed by atoms with Crippen LogP contribution in [0, 0.1) is 0 Å². The second-order valence-electron chi connectivity index (χ2n) is 5.17. The van der Waals surface area contributed by atoms with Crippen molar-refractivity contribution in [1.82, 2.24) is 14.5 Å². The number of phenolic OH excluding ortho intramolecular Hbond substituents is 1. The quantitative estimate of drug-likeness (QED) is 0.893. The first-order valence-corrected chi connectivity index (χ1v) is 6.43. The summed E-state index contributed by atoms with van der Waals surface area (Å²) in [7, 11) is 3.83.